The molecule has 126 valence electrons. The van der Waals surface area contributed by atoms with E-state index < -0.39 is 0 Å². The average molecular weight is 339 g/mol. The minimum Gasteiger partial charge on any atom is -0.273 e. The molecule has 0 saturated carbocycles. The maximum absolute atomic E-state index is 4.74. The number of rotatable bonds is 3. The molecule has 0 saturated heterocycles. The maximum atomic E-state index is 4.74. The molecule has 1 aromatic carbocycles. The highest BCUT2D eigenvalue weighted by Gasteiger charge is 2.19. The molecule has 0 fully saturated rings. The van der Waals surface area contributed by atoms with Gasteiger partial charge in [-0.25, -0.2) is 4.99 Å². The second-order valence-corrected chi connectivity index (χ2v) is 5.79. The summed E-state index contributed by atoms with van der Waals surface area (Å²) in [4.78, 5) is 13.6. The van der Waals surface area contributed by atoms with Crippen molar-refractivity contribution < 1.29 is 0 Å². The van der Waals surface area contributed by atoms with Crippen LogP contribution in [0.3, 0.4) is 0 Å². The van der Waals surface area contributed by atoms with Gasteiger partial charge in [0, 0.05) is 23.7 Å². The molecule has 0 radical (unpaired) electrons. The Bertz CT molecular complexity index is 990. The lowest BCUT2D eigenvalue weighted by molar-refractivity contribution is 0.976. The number of nitrogens with one attached hydrogen (secondary N) is 1. The van der Waals surface area contributed by atoms with E-state index in [-0.39, 0.29) is 0 Å². The Morgan fingerprint density at radius 1 is 0.731 bits per heavy atom. The largest absolute Gasteiger partial charge is 0.273 e. The molecule has 5 nitrogen and oxygen atoms in total. The lowest BCUT2D eigenvalue weighted by atomic mass is 9.98. The molecular weight excluding hydrogens is 322 g/mol. The number of amidine groups is 1. The standard InChI is InChI=1S/C21H17N5/c1-15-19(16-9-3-2-4-10-16)20(17-11-5-7-13-22-17)25-26-21(24-15)18-12-6-8-14-23-18/h2-14,25H,1H3. The van der Waals surface area contributed by atoms with Crippen molar-refractivity contribution in [1.82, 2.24) is 15.4 Å². The molecule has 0 aliphatic carbocycles. The van der Waals surface area contributed by atoms with Crippen molar-refractivity contribution in [2.75, 3.05) is 0 Å². The van der Waals surface area contributed by atoms with Crippen LogP contribution in [0.5, 0.6) is 0 Å². The SMILES string of the molecule is CC1=NC(c2ccccn2)=NNC(c2ccccn2)=C1c1ccccc1. The van der Waals surface area contributed by atoms with E-state index in [2.05, 4.69) is 32.6 Å². The smallest absolute Gasteiger partial charge is 0.198 e. The van der Waals surface area contributed by atoms with Gasteiger partial charge in [0.1, 0.15) is 5.69 Å². The van der Waals surface area contributed by atoms with Gasteiger partial charge in [-0.3, -0.25) is 15.4 Å². The Morgan fingerprint density at radius 3 is 2.04 bits per heavy atom. The summed E-state index contributed by atoms with van der Waals surface area (Å²) in [6, 6.07) is 21.6. The Kier molecular flexibility index (Phi) is 4.35. The molecule has 2 aromatic heterocycles. The first-order chi connectivity index (χ1) is 12.8. The van der Waals surface area contributed by atoms with E-state index in [0.29, 0.717) is 11.5 Å². The highest BCUT2D eigenvalue weighted by molar-refractivity contribution is 6.32. The number of benzene rings is 1. The summed E-state index contributed by atoms with van der Waals surface area (Å²) in [5, 5.41) is 4.50. The number of aliphatic imine (C=N–C) groups is 1. The van der Waals surface area contributed by atoms with Crippen molar-refractivity contribution >= 4 is 22.8 Å². The molecular formula is C21H17N5. The van der Waals surface area contributed by atoms with Crippen molar-refractivity contribution in [3.63, 3.8) is 0 Å². The van der Waals surface area contributed by atoms with E-state index in [0.717, 1.165) is 28.2 Å². The van der Waals surface area contributed by atoms with E-state index >= 15 is 0 Å². The van der Waals surface area contributed by atoms with Gasteiger partial charge >= 0.3 is 0 Å². The summed E-state index contributed by atoms with van der Waals surface area (Å²) < 4.78 is 0. The first-order valence-electron chi connectivity index (χ1n) is 8.35. The van der Waals surface area contributed by atoms with Crippen molar-refractivity contribution in [1.29, 1.82) is 0 Å². The van der Waals surface area contributed by atoms with Crippen LogP contribution < -0.4 is 5.43 Å². The molecule has 1 N–H and O–H groups in total. The van der Waals surface area contributed by atoms with Gasteiger partial charge in [-0.1, -0.05) is 42.5 Å². The lowest BCUT2D eigenvalue weighted by Gasteiger charge is -2.13. The number of nitrogens with zero attached hydrogens (tertiary/aromatic N) is 4. The summed E-state index contributed by atoms with van der Waals surface area (Å²) in [5.74, 6) is 0.544. The summed E-state index contributed by atoms with van der Waals surface area (Å²) in [5.41, 5.74) is 8.41. The highest BCUT2D eigenvalue weighted by atomic mass is 15.3. The fraction of sp³-hybridized carbons (Fsp3) is 0.0476. The van der Waals surface area contributed by atoms with Crippen molar-refractivity contribution in [3.8, 4) is 0 Å². The molecule has 1 aliphatic heterocycles. The molecule has 1 aliphatic rings. The normalized spacial score (nSPS) is 14.2. The summed E-state index contributed by atoms with van der Waals surface area (Å²) >= 11 is 0. The van der Waals surface area contributed by atoms with Gasteiger partial charge in [-0.2, -0.15) is 5.10 Å². The third kappa shape index (κ3) is 3.15. The number of hydrogen-bond acceptors (Lipinski definition) is 5. The third-order valence-electron chi connectivity index (χ3n) is 4.04. The monoisotopic (exact) mass is 339 g/mol. The summed E-state index contributed by atoms with van der Waals surface area (Å²) in [6.45, 7) is 1.98. The second kappa shape index (κ2) is 7.11. The van der Waals surface area contributed by atoms with Crippen molar-refractivity contribution in [2.45, 2.75) is 6.92 Å². The first kappa shape index (κ1) is 15.9. The molecule has 0 spiro atoms. The van der Waals surface area contributed by atoms with Gasteiger partial charge in [0.25, 0.3) is 0 Å². The number of hydrazone groups is 1. The Morgan fingerprint density at radius 2 is 1.38 bits per heavy atom. The molecule has 3 aromatic rings. The van der Waals surface area contributed by atoms with Crippen LogP contribution in [-0.2, 0) is 0 Å². The highest BCUT2D eigenvalue weighted by Crippen LogP contribution is 2.27. The van der Waals surface area contributed by atoms with Crippen LogP contribution in [-0.4, -0.2) is 21.5 Å². The summed E-state index contributed by atoms with van der Waals surface area (Å²) in [7, 11) is 0. The van der Waals surface area contributed by atoms with Crippen molar-refractivity contribution in [3.05, 3.63) is 96.1 Å². The lowest BCUT2D eigenvalue weighted by Crippen LogP contribution is -2.11. The van der Waals surface area contributed by atoms with Crippen LogP contribution >= 0.6 is 0 Å². The molecule has 5 heteroatoms. The van der Waals surface area contributed by atoms with Gasteiger partial charge in [0.05, 0.1) is 11.4 Å². The maximum Gasteiger partial charge on any atom is 0.198 e. The fourth-order valence-corrected chi connectivity index (χ4v) is 2.85. The summed E-state index contributed by atoms with van der Waals surface area (Å²) in [6.07, 6.45) is 3.51. The topological polar surface area (TPSA) is 62.5 Å². The van der Waals surface area contributed by atoms with Gasteiger partial charge in [0.15, 0.2) is 5.84 Å². The molecule has 0 unspecified atom stereocenters. The van der Waals surface area contributed by atoms with Crippen LogP contribution in [0.25, 0.3) is 11.3 Å². The molecule has 4 rings (SSSR count). The second-order valence-electron chi connectivity index (χ2n) is 5.79. The third-order valence-corrected chi connectivity index (χ3v) is 4.04. The first-order valence-corrected chi connectivity index (χ1v) is 8.35. The van der Waals surface area contributed by atoms with E-state index in [1.54, 1.807) is 12.4 Å². The van der Waals surface area contributed by atoms with E-state index in [9.17, 15) is 0 Å². The van der Waals surface area contributed by atoms with Gasteiger partial charge in [-0.05, 0) is 36.8 Å². The van der Waals surface area contributed by atoms with Crippen LogP contribution in [0, 0.1) is 0 Å². The van der Waals surface area contributed by atoms with Crippen molar-refractivity contribution in [2.24, 2.45) is 10.1 Å². The average Bonchev–Trinajstić information content (AvgIpc) is 2.89. The molecule has 0 atom stereocenters. The van der Waals surface area contributed by atoms with Crippen LogP contribution in [0.15, 0.2) is 89.2 Å². The molecule has 26 heavy (non-hydrogen) atoms. The predicted molar refractivity (Wildman–Crippen MR) is 105 cm³/mol. The van der Waals surface area contributed by atoms with E-state index in [1.807, 2.05) is 61.5 Å². The number of hydrogen-bond donors (Lipinski definition) is 1. The van der Waals surface area contributed by atoms with Crippen LogP contribution in [0.4, 0.5) is 0 Å². The predicted octanol–water partition coefficient (Wildman–Crippen LogP) is 3.77. The molecule has 0 bridgehead atoms. The zero-order chi connectivity index (χ0) is 17.8. The minimum atomic E-state index is 0.544. The zero-order valence-electron chi connectivity index (χ0n) is 14.3. The van der Waals surface area contributed by atoms with Crippen LogP contribution in [0.1, 0.15) is 23.9 Å². The molecule has 0 amide bonds. The number of aromatic nitrogens is 2. The van der Waals surface area contributed by atoms with Gasteiger partial charge in [-0.15, -0.1) is 0 Å². The Hall–Kier alpha value is -3.60. The van der Waals surface area contributed by atoms with Gasteiger partial charge < -0.3 is 0 Å². The van der Waals surface area contributed by atoms with Crippen LogP contribution in [0.2, 0.25) is 0 Å². The molecule has 3 heterocycles. The Balaban J connectivity index is 1.89. The quantitative estimate of drug-likeness (QED) is 0.790. The number of pyridine rings is 2. The minimum absolute atomic E-state index is 0.544. The number of allylic oxidation sites excluding steroid dienone is 1. The van der Waals surface area contributed by atoms with E-state index in [1.165, 1.54) is 0 Å². The fourth-order valence-electron chi connectivity index (χ4n) is 2.85. The Labute approximate surface area is 151 Å². The van der Waals surface area contributed by atoms with Gasteiger partial charge in [0.2, 0.25) is 0 Å². The van der Waals surface area contributed by atoms with E-state index in [4.69, 9.17) is 4.99 Å². The zero-order valence-corrected chi connectivity index (χ0v) is 14.3.